The summed E-state index contributed by atoms with van der Waals surface area (Å²) in [6, 6.07) is 14.9. The lowest BCUT2D eigenvalue weighted by molar-refractivity contribution is -0.159. The predicted molar refractivity (Wildman–Crippen MR) is 211 cm³/mol. The van der Waals surface area contributed by atoms with Crippen LogP contribution in [0.25, 0.3) is 0 Å². The number of rotatable bonds is 22. The highest BCUT2D eigenvalue weighted by Gasteiger charge is 2.37. The Bertz CT molecular complexity index is 2100. The second-order valence-electron chi connectivity index (χ2n) is 12.5. The van der Waals surface area contributed by atoms with E-state index in [0.29, 0.717) is 22.3 Å². The van der Waals surface area contributed by atoms with E-state index in [0.717, 1.165) is 18.2 Å². The number of carbonyl (C=O) groups excluding carboxylic acids is 5. The highest BCUT2D eigenvalue weighted by Crippen LogP contribution is 2.30. The Kier molecular flexibility index (Phi) is 17.2. The van der Waals surface area contributed by atoms with E-state index in [1.807, 2.05) is 0 Å². The summed E-state index contributed by atoms with van der Waals surface area (Å²) in [5.74, 6) is -2.41. The number of hydrogen-bond acceptors (Lipinski definition) is 13. The summed E-state index contributed by atoms with van der Waals surface area (Å²) >= 11 is 0. The average molecular weight is 817 g/mol. The van der Waals surface area contributed by atoms with E-state index >= 15 is 0 Å². The van der Waals surface area contributed by atoms with Crippen LogP contribution in [0, 0.1) is 5.41 Å². The number of amides is 2. The fraction of sp³-hybridized carbons (Fsp3) is 0.214. The summed E-state index contributed by atoms with van der Waals surface area (Å²) < 4.78 is 53.2. The van der Waals surface area contributed by atoms with E-state index in [1.54, 1.807) is 30.3 Å². The Morgan fingerprint density at radius 2 is 1.09 bits per heavy atom. The number of esters is 3. The Labute approximate surface area is 336 Å². The molecule has 0 aliphatic rings. The van der Waals surface area contributed by atoms with Gasteiger partial charge >= 0.3 is 30.1 Å². The molecule has 3 rings (SSSR count). The Morgan fingerprint density at radius 1 is 0.621 bits per heavy atom. The van der Waals surface area contributed by atoms with Crippen molar-refractivity contribution in [3.63, 3.8) is 0 Å². The molecule has 0 unspecified atom stereocenters. The molecule has 3 aromatic carbocycles. The first-order valence-electron chi connectivity index (χ1n) is 17.4. The lowest BCUT2D eigenvalue weighted by Gasteiger charge is -2.31. The van der Waals surface area contributed by atoms with Gasteiger partial charge in [-0.3, -0.25) is 0 Å². The zero-order valence-corrected chi connectivity index (χ0v) is 32.4. The molecule has 0 atom stereocenters. The van der Waals surface area contributed by atoms with E-state index in [1.165, 1.54) is 42.5 Å². The fourth-order valence-corrected chi connectivity index (χ4v) is 6.39. The van der Waals surface area contributed by atoms with Gasteiger partial charge in [0.25, 0.3) is 0 Å². The van der Waals surface area contributed by atoms with Crippen LogP contribution in [0.4, 0.5) is 9.59 Å². The monoisotopic (exact) mass is 816 g/mol. The number of ether oxygens (including phenoxy) is 5. The third-order valence-corrected chi connectivity index (χ3v) is 9.82. The van der Waals surface area contributed by atoms with Gasteiger partial charge in [-0.25, -0.2) is 32.4 Å². The molecular weight excluding hydrogens is 773 g/mol. The van der Waals surface area contributed by atoms with Crippen LogP contribution in [0.2, 0.25) is 0 Å². The van der Waals surface area contributed by atoms with Crippen LogP contribution >= 0.6 is 0 Å². The molecule has 0 spiro atoms. The van der Waals surface area contributed by atoms with Gasteiger partial charge in [0.05, 0.1) is 9.79 Å². The largest absolute Gasteiger partial charge is 0.508 e. The summed E-state index contributed by atoms with van der Waals surface area (Å²) in [7, 11) is -4.00. The average Bonchev–Trinajstić information content (AvgIpc) is 3.22. The van der Waals surface area contributed by atoms with E-state index in [2.05, 4.69) is 43.5 Å². The van der Waals surface area contributed by atoms with E-state index in [4.69, 9.17) is 23.7 Å². The maximum atomic E-state index is 13.5. The SMILES string of the molecule is C=CCc1cc(S(=O)(=O)c2ccc(OC(=O)NCc3cccc(CNC(=O)OCC(COC(=O)C=C)(COC(=O)C=C)COC(=O)C=C)c3)c(CC=C)c2)ccc1O. The molecule has 0 saturated heterocycles. The van der Waals surface area contributed by atoms with Gasteiger partial charge in [0.1, 0.15) is 43.3 Å². The fourth-order valence-electron chi connectivity index (χ4n) is 5.02. The number of hydrogen-bond donors (Lipinski definition) is 3. The number of nitrogens with one attached hydrogen (secondary N) is 2. The van der Waals surface area contributed by atoms with Gasteiger partial charge in [-0.2, -0.15) is 0 Å². The molecule has 0 aliphatic carbocycles. The highest BCUT2D eigenvalue weighted by molar-refractivity contribution is 7.91. The number of sulfone groups is 1. The van der Waals surface area contributed by atoms with Gasteiger partial charge in [-0.1, -0.05) is 56.2 Å². The number of aromatic hydroxyl groups is 1. The van der Waals surface area contributed by atoms with Crippen LogP contribution in [0.15, 0.2) is 134 Å². The zero-order chi connectivity index (χ0) is 42.7. The topological polar surface area (TPSA) is 210 Å². The molecule has 0 radical (unpaired) electrons. The van der Waals surface area contributed by atoms with Crippen molar-refractivity contribution < 1.29 is 61.2 Å². The van der Waals surface area contributed by atoms with Gasteiger partial charge in [0.15, 0.2) is 0 Å². The molecule has 15 nitrogen and oxygen atoms in total. The molecule has 3 aromatic rings. The molecule has 58 heavy (non-hydrogen) atoms. The second kappa shape index (κ2) is 22.0. The number of benzene rings is 3. The third-order valence-electron chi connectivity index (χ3n) is 8.07. The molecular formula is C42H44N2O13S. The number of carbonyl (C=O) groups is 5. The van der Waals surface area contributed by atoms with Crippen LogP contribution in [-0.4, -0.2) is 70.0 Å². The maximum absolute atomic E-state index is 13.5. The van der Waals surface area contributed by atoms with Crippen LogP contribution in [-0.2, 0) is 69.1 Å². The van der Waals surface area contributed by atoms with Gasteiger partial charge < -0.3 is 39.4 Å². The molecule has 0 bridgehead atoms. The van der Waals surface area contributed by atoms with Crippen molar-refractivity contribution in [3.8, 4) is 11.5 Å². The number of phenolic OH excluding ortho intramolecular Hbond substituents is 1. The highest BCUT2D eigenvalue weighted by atomic mass is 32.2. The molecule has 16 heteroatoms. The minimum atomic E-state index is -4.00. The first-order valence-corrected chi connectivity index (χ1v) is 18.9. The smallest absolute Gasteiger partial charge is 0.412 e. The van der Waals surface area contributed by atoms with Gasteiger partial charge in [-0.15, -0.1) is 13.2 Å². The lowest BCUT2D eigenvalue weighted by atomic mass is 9.92. The van der Waals surface area contributed by atoms with Crippen LogP contribution in [0.1, 0.15) is 22.3 Å². The molecule has 0 fully saturated rings. The molecule has 0 saturated carbocycles. The minimum Gasteiger partial charge on any atom is -0.508 e. The maximum Gasteiger partial charge on any atom is 0.412 e. The third kappa shape index (κ3) is 13.7. The molecule has 0 aliphatic heterocycles. The quantitative estimate of drug-likeness (QED) is 0.0505. The molecule has 3 N–H and O–H groups in total. The lowest BCUT2D eigenvalue weighted by Crippen LogP contribution is -2.44. The second-order valence-corrected chi connectivity index (χ2v) is 14.4. The van der Waals surface area contributed by atoms with E-state index in [9.17, 15) is 37.5 Å². The van der Waals surface area contributed by atoms with Gasteiger partial charge in [0.2, 0.25) is 9.84 Å². The van der Waals surface area contributed by atoms with Crippen LogP contribution < -0.4 is 15.4 Å². The first-order chi connectivity index (χ1) is 27.7. The summed E-state index contributed by atoms with van der Waals surface area (Å²) in [5.41, 5.74) is 0.537. The van der Waals surface area contributed by atoms with Gasteiger partial charge in [-0.05, 0) is 65.9 Å². The zero-order valence-electron chi connectivity index (χ0n) is 31.6. The molecule has 2 amide bonds. The van der Waals surface area contributed by atoms with Crippen molar-refractivity contribution >= 4 is 39.9 Å². The summed E-state index contributed by atoms with van der Waals surface area (Å²) in [6.07, 6.45) is 4.50. The molecule has 0 heterocycles. The number of alkyl carbamates (subject to hydrolysis) is 1. The van der Waals surface area contributed by atoms with Crippen molar-refractivity contribution in [2.75, 3.05) is 26.4 Å². The minimum absolute atomic E-state index is 0.0209. The normalized spacial score (nSPS) is 10.8. The predicted octanol–water partition coefficient (Wildman–Crippen LogP) is 5.37. The first kappa shape index (κ1) is 45.4. The standard InChI is InChI=1S/C42H44N2O13S/c1-6-12-31-21-33(16-18-35(31)45)58(51,52)34-17-19-36(32(22-34)13-7-2)57-41(50)44-24-30-15-11-14-29(20-30)23-43-40(49)56-28-42(25-53-37(46)8-3,26-54-38(47)9-4)27-55-39(48)10-5/h6-11,14-22,45H,1-5,12-13,23-28H2,(H,43,49)(H,44,50). The van der Waals surface area contributed by atoms with Crippen molar-refractivity contribution in [3.05, 3.63) is 146 Å². The van der Waals surface area contributed by atoms with E-state index < -0.39 is 71.8 Å². The Balaban J connectivity index is 1.64. The van der Waals surface area contributed by atoms with Crippen molar-refractivity contribution in [2.24, 2.45) is 5.41 Å². The summed E-state index contributed by atoms with van der Waals surface area (Å²) in [4.78, 5) is 61.0. The number of phenols is 1. The number of allylic oxidation sites excluding steroid dienone is 2. The molecule has 0 aromatic heterocycles. The van der Waals surface area contributed by atoms with E-state index in [-0.39, 0.29) is 47.2 Å². The van der Waals surface area contributed by atoms with Crippen molar-refractivity contribution in [1.82, 2.24) is 10.6 Å². The van der Waals surface area contributed by atoms with Crippen molar-refractivity contribution in [1.29, 1.82) is 0 Å². The van der Waals surface area contributed by atoms with Crippen LogP contribution in [0.3, 0.4) is 0 Å². The summed E-state index contributed by atoms with van der Waals surface area (Å²) in [5, 5.41) is 15.3. The van der Waals surface area contributed by atoms with Gasteiger partial charge in [0, 0.05) is 36.9 Å². The van der Waals surface area contributed by atoms with Crippen molar-refractivity contribution in [2.45, 2.75) is 35.7 Å². The Hall–Kier alpha value is -6.94. The van der Waals surface area contributed by atoms with Crippen LogP contribution in [0.5, 0.6) is 11.5 Å². The summed E-state index contributed by atoms with van der Waals surface area (Å²) in [6.45, 7) is 15.3. The Morgan fingerprint density at radius 3 is 1.60 bits per heavy atom. The molecule has 306 valence electrons.